The summed E-state index contributed by atoms with van der Waals surface area (Å²) in [7, 11) is 0. The van der Waals surface area contributed by atoms with E-state index in [-0.39, 0.29) is 6.04 Å². The molecule has 0 saturated carbocycles. The highest BCUT2D eigenvalue weighted by Crippen LogP contribution is 2.33. The highest BCUT2D eigenvalue weighted by atomic mass is 16.7. The van der Waals surface area contributed by atoms with E-state index in [0.717, 1.165) is 17.5 Å². The summed E-state index contributed by atoms with van der Waals surface area (Å²) in [5.41, 5.74) is 9.60. The normalized spacial score (nSPS) is 14.0. The maximum Gasteiger partial charge on any atom is 0.363 e. The third-order valence-electron chi connectivity index (χ3n) is 3.96. The molecule has 0 amide bonds. The van der Waals surface area contributed by atoms with Crippen LogP contribution in [0.25, 0.3) is 0 Å². The molecule has 0 fully saturated rings. The Morgan fingerprint density at radius 3 is 2.79 bits per heavy atom. The van der Waals surface area contributed by atoms with Crippen molar-refractivity contribution in [3.05, 3.63) is 64.7 Å². The summed E-state index contributed by atoms with van der Waals surface area (Å²) in [6, 6.07) is 14.9. The van der Waals surface area contributed by atoms with Crippen molar-refractivity contribution in [3.63, 3.8) is 0 Å². The first kappa shape index (κ1) is 16.0. The van der Waals surface area contributed by atoms with Gasteiger partial charge in [-0.25, -0.2) is 9.86 Å². The van der Waals surface area contributed by atoms with Gasteiger partial charge in [-0.1, -0.05) is 24.3 Å². The number of nitriles is 1. The smallest absolute Gasteiger partial charge is 0.335 e. The Morgan fingerprint density at radius 2 is 2.12 bits per heavy atom. The lowest BCUT2D eigenvalue weighted by molar-refractivity contribution is 0.0461. The maximum absolute atomic E-state index is 12.3. The lowest BCUT2D eigenvalue weighted by Crippen LogP contribution is -2.26. The summed E-state index contributed by atoms with van der Waals surface area (Å²) in [5.74, 6) is -0.424. The van der Waals surface area contributed by atoms with Crippen molar-refractivity contribution in [2.75, 3.05) is 11.6 Å². The minimum atomic E-state index is -0.424. The summed E-state index contributed by atoms with van der Waals surface area (Å²) in [6.07, 6.45) is 1.45. The van der Waals surface area contributed by atoms with Crippen LogP contribution in [0, 0.1) is 11.3 Å². The molecule has 0 radical (unpaired) electrons. The standard InChI is InChI=1S/C19H19N3O2/c1-13(21)9-14-10-16-7-8-22(18(16)17(11-14)12-20)24-19(23)15-5-3-2-4-6-15/h2-6,10-11,13H,7-9,21H2,1H3/t13-/m1/s1. The van der Waals surface area contributed by atoms with Crippen LogP contribution < -0.4 is 10.8 Å². The van der Waals surface area contributed by atoms with Gasteiger partial charge in [0.1, 0.15) is 6.07 Å². The molecule has 0 spiro atoms. The summed E-state index contributed by atoms with van der Waals surface area (Å²) in [5, 5.41) is 11.0. The van der Waals surface area contributed by atoms with Crippen LogP contribution in [0.5, 0.6) is 0 Å². The van der Waals surface area contributed by atoms with E-state index in [0.29, 0.717) is 29.8 Å². The fourth-order valence-corrected chi connectivity index (χ4v) is 2.97. The predicted octanol–water partition coefficient (Wildman–Crippen LogP) is 2.58. The van der Waals surface area contributed by atoms with Crippen molar-refractivity contribution in [2.24, 2.45) is 5.73 Å². The minimum absolute atomic E-state index is 0.0306. The van der Waals surface area contributed by atoms with Crippen molar-refractivity contribution in [1.29, 1.82) is 5.26 Å². The topological polar surface area (TPSA) is 79.3 Å². The summed E-state index contributed by atoms with van der Waals surface area (Å²) in [4.78, 5) is 17.8. The van der Waals surface area contributed by atoms with Gasteiger partial charge in [-0.05, 0) is 49.1 Å². The van der Waals surface area contributed by atoms with Crippen molar-refractivity contribution < 1.29 is 9.63 Å². The molecule has 2 aromatic carbocycles. The molecule has 0 aliphatic carbocycles. The first-order chi connectivity index (χ1) is 11.6. The molecule has 0 unspecified atom stereocenters. The van der Waals surface area contributed by atoms with Gasteiger partial charge in [0, 0.05) is 6.04 Å². The lowest BCUT2D eigenvalue weighted by Gasteiger charge is -2.19. The second-order valence-corrected chi connectivity index (χ2v) is 6.04. The third-order valence-corrected chi connectivity index (χ3v) is 3.96. The molecule has 24 heavy (non-hydrogen) atoms. The predicted molar refractivity (Wildman–Crippen MR) is 91.4 cm³/mol. The van der Waals surface area contributed by atoms with Crippen molar-refractivity contribution in [3.8, 4) is 6.07 Å². The Morgan fingerprint density at radius 1 is 1.38 bits per heavy atom. The number of hydroxylamine groups is 1. The van der Waals surface area contributed by atoms with Gasteiger partial charge < -0.3 is 10.6 Å². The Kier molecular flexibility index (Phi) is 4.50. The molecular formula is C19H19N3O2. The Labute approximate surface area is 141 Å². The van der Waals surface area contributed by atoms with Crippen LogP contribution in [-0.2, 0) is 17.7 Å². The van der Waals surface area contributed by atoms with Crippen LogP contribution in [-0.4, -0.2) is 18.6 Å². The number of carbonyl (C=O) groups is 1. The number of carbonyl (C=O) groups excluding carboxylic acids is 1. The minimum Gasteiger partial charge on any atom is -0.335 e. The number of fused-ring (bicyclic) bond motifs is 1. The number of benzene rings is 2. The quantitative estimate of drug-likeness (QED) is 0.936. The van der Waals surface area contributed by atoms with Crippen LogP contribution in [0.1, 0.15) is 34.0 Å². The first-order valence-corrected chi connectivity index (χ1v) is 7.95. The maximum atomic E-state index is 12.3. The third kappa shape index (κ3) is 3.24. The molecule has 2 N–H and O–H groups in total. The van der Waals surface area contributed by atoms with Crippen LogP contribution in [0.3, 0.4) is 0 Å². The largest absolute Gasteiger partial charge is 0.363 e. The zero-order valence-electron chi connectivity index (χ0n) is 13.5. The molecule has 0 saturated heterocycles. The van der Waals surface area contributed by atoms with Gasteiger partial charge in [-0.3, -0.25) is 0 Å². The van der Waals surface area contributed by atoms with E-state index in [1.54, 1.807) is 24.3 Å². The molecule has 1 aliphatic rings. The highest BCUT2D eigenvalue weighted by molar-refractivity contribution is 5.90. The van der Waals surface area contributed by atoms with Crippen molar-refractivity contribution >= 4 is 11.7 Å². The van der Waals surface area contributed by atoms with Gasteiger partial charge >= 0.3 is 5.97 Å². The second kappa shape index (κ2) is 6.73. The summed E-state index contributed by atoms with van der Waals surface area (Å²) >= 11 is 0. The monoisotopic (exact) mass is 321 g/mol. The van der Waals surface area contributed by atoms with Gasteiger partial charge in [0.15, 0.2) is 0 Å². The number of hydrogen-bond donors (Lipinski definition) is 1. The molecule has 3 rings (SSSR count). The molecule has 1 aliphatic heterocycles. The summed E-state index contributed by atoms with van der Waals surface area (Å²) in [6.45, 7) is 2.48. The average Bonchev–Trinajstić information content (AvgIpc) is 2.97. The highest BCUT2D eigenvalue weighted by Gasteiger charge is 2.27. The van der Waals surface area contributed by atoms with Gasteiger partial charge in [-0.2, -0.15) is 5.26 Å². The van der Waals surface area contributed by atoms with Gasteiger partial charge in [0.05, 0.1) is 23.4 Å². The zero-order valence-corrected chi connectivity index (χ0v) is 13.5. The van der Waals surface area contributed by atoms with E-state index in [2.05, 4.69) is 12.1 Å². The Balaban J connectivity index is 1.86. The average molecular weight is 321 g/mol. The van der Waals surface area contributed by atoms with E-state index in [9.17, 15) is 10.1 Å². The molecule has 1 atom stereocenters. The number of nitrogens with two attached hydrogens (primary N) is 1. The number of hydrogen-bond acceptors (Lipinski definition) is 5. The molecule has 122 valence electrons. The number of nitrogens with zero attached hydrogens (tertiary/aromatic N) is 2. The van der Waals surface area contributed by atoms with Crippen LogP contribution in [0.15, 0.2) is 42.5 Å². The molecular weight excluding hydrogens is 302 g/mol. The SMILES string of the molecule is C[C@@H](N)Cc1cc(C#N)c2c(c1)CCN2OC(=O)c1ccccc1. The van der Waals surface area contributed by atoms with Crippen molar-refractivity contribution in [1.82, 2.24) is 0 Å². The molecule has 0 aromatic heterocycles. The van der Waals surface area contributed by atoms with Crippen LogP contribution in [0.4, 0.5) is 5.69 Å². The van der Waals surface area contributed by atoms with Gasteiger partial charge in [0.25, 0.3) is 0 Å². The fourth-order valence-electron chi connectivity index (χ4n) is 2.97. The van der Waals surface area contributed by atoms with E-state index < -0.39 is 5.97 Å². The van der Waals surface area contributed by atoms with Crippen LogP contribution in [0.2, 0.25) is 0 Å². The Bertz CT molecular complexity index is 794. The van der Waals surface area contributed by atoms with E-state index >= 15 is 0 Å². The van der Waals surface area contributed by atoms with Crippen molar-refractivity contribution in [2.45, 2.75) is 25.8 Å². The molecule has 1 heterocycles. The Hall–Kier alpha value is -2.84. The fraction of sp³-hybridized carbons (Fsp3) is 0.263. The van der Waals surface area contributed by atoms with E-state index in [1.165, 1.54) is 5.06 Å². The zero-order chi connectivity index (χ0) is 17.1. The number of anilines is 1. The van der Waals surface area contributed by atoms with Gasteiger partial charge in [0.2, 0.25) is 0 Å². The van der Waals surface area contributed by atoms with Crippen LogP contribution >= 0.6 is 0 Å². The lowest BCUT2D eigenvalue weighted by atomic mass is 9.99. The molecule has 2 aromatic rings. The van der Waals surface area contributed by atoms with E-state index in [1.807, 2.05) is 19.1 Å². The van der Waals surface area contributed by atoms with E-state index in [4.69, 9.17) is 10.6 Å². The van der Waals surface area contributed by atoms with Gasteiger partial charge in [-0.15, -0.1) is 0 Å². The first-order valence-electron chi connectivity index (χ1n) is 7.95. The second-order valence-electron chi connectivity index (χ2n) is 6.04. The molecule has 0 bridgehead atoms. The number of rotatable bonds is 4. The molecule has 5 nitrogen and oxygen atoms in total. The summed E-state index contributed by atoms with van der Waals surface area (Å²) < 4.78 is 0. The molecule has 5 heteroatoms.